The summed E-state index contributed by atoms with van der Waals surface area (Å²) in [6.45, 7) is 1.64. The maximum Gasteiger partial charge on any atom is 0.256 e. The fraction of sp³-hybridized carbons (Fsp3) is 0.308. The van der Waals surface area contributed by atoms with Crippen LogP contribution in [0.25, 0.3) is 11.3 Å². The highest BCUT2D eigenvalue weighted by Crippen LogP contribution is 2.38. The van der Waals surface area contributed by atoms with Crippen LogP contribution in [0, 0.1) is 0 Å². The Labute approximate surface area is 203 Å². The first-order valence-corrected chi connectivity index (χ1v) is 11.6. The first kappa shape index (κ1) is 22.6. The number of carbonyl (C=O) groups is 1. The molecule has 9 nitrogen and oxygen atoms in total. The lowest BCUT2D eigenvalue weighted by Gasteiger charge is -2.20. The fourth-order valence-electron chi connectivity index (χ4n) is 4.31. The smallest absolute Gasteiger partial charge is 0.256 e. The molecule has 2 aliphatic heterocycles. The van der Waals surface area contributed by atoms with Gasteiger partial charge < -0.3 is 19.1 Å². The second kappa shape index (κ2) is 10.0. The number of allylic oxidation sites excluding steroid dienone is 1. The van der Waals surface area contributed by atoms with Crippen molar-refractivity contribution in [3.63, 3.8) is 0 Å². The largest absolute Gasteiger partial charge is 0.497 e. The number of rotatable bonds is 8. The van der Waals surface area contributed by atoms with Crippen molar-refractivity contribution >= 4 is 17.8 Å². The van der Waals surface area contributed by atoms with Gasteiger partial charge in [-0.1, -0.05) is 23.4 Å². The lowest BCUT2D eigenvalue weighted by molar-refractivity contribution is 0.0774. The summed E-state index contributed by atoms with van der Waals surface area (Å²) in [5, 5.41) is 8.42. The van der Waals surface area contributed by atoms with Crippen LogP contribution in [-0.4, -0.2) is 65.4 Å². The average molecular weight is 474 g/mol. The van der Waals surface area contributed by atoms with Gasteiger partial charge in [0.2, 0.25) is 0 Å². The van der Waals surface area contributed by atoms with E-state index in [9.17, 15) is 4.79 Å². The zero-order valence-electron chi connectivity index (χ0n) is 19.8. The average Bonchev–Trinajstić information content (AvgIpc) is 3.54. The third-order valence-corrected chi connectivity index (χ3v) is 6.16. The van der Waals surface area contributed by atoms with E-state index >= 15 is 0 Å². The molecule has 2 aromatic carbocycles. The number of hydrogen-bond donors (Lipinski definition) is 0. The summed E-state index contributed by atoms with van der Waals surface area (Å²) < 4.78 is 18.5. The third-order valence-electron chi connectivity index (χ3n) is 6.16. The van der Waals surface area contributed by atoms with E-state index < -0.39 is 0 Å². The van der Waals surface area contributed by atoms with Crippen LogP contribution < -0.4 is 14.2 Å². The number of benzene rings is 2. The van der Waals surface area contributed by atoms with Gasteiger partial charge >= 0.3 is 0 Å². The molecular formula is C26H27N5O4. The Bertz CT molecular complexity index is 1280. The van der Waals surface area contributed by atoms with Gasteiger partial charge in [-0.05, 0) is 37.1 Å². The van der Waals surface area contributed by atoms with Crippen molar-refractivity contribution in [1.82, 2.24) is 19.9 Å². The van der Waals surface area contributed by atoms with Gasteiger partial charge in [0.25, 0.3) is 5.91 Å². The molecule has 180 valence electrons. The lowest BCUT2D eigenvalue weighted by atomic mass is 10.1. The van der Waals surface area contributed by atoms with E-state index in [1.165, 1.54) is 0 Å². The molecule has 0 aliphatic carbocycles. The van der Waals surface area contributed by atoms with E-state index in [1.807, 2.05) is 53.7 Å². The molecular weight excluding hydrogens is 446 g/mol. The zero-order chi connectivity index (χ0) is 24.2. The number of fused-ring (bicyclic) bond motifs is 2. The summed E-state index contributed by atoms with van der Waals surface area (Å²) in [6, 6.07) is 11.3. The normalized spacial score (nSPS) is 16.8. The summed E-state index contributed by atoms with van der Waals surface area (Å²) in [6.07, 6.45) is 9.56. The van der Waals surface area contributed by atoms with Crippen molar-refractivity contribution in [2.75, 3.05) is 27.4 Å². The number of amides is 1. The highest BCUT2D eigenvalue weighted by atomic mass is 16.5. The Balaban J connectivity index is 1.22. The van der Waals surface area contributed by atoms with E-state index in [0.717, 1.165) is 36.4 Å². The quantitative estimate of drug-likeness (QED) is 0.461. The monoisotopic (exact) mass is 473 g/mol. The van der Waals surface area contributed by atoms with Crippen LogP contribution in [0.3, 0.4) is 0 Å². The number of carbonyl (C=O) groups excluding carboxylic acids is 1. The predicted octanol–water partition coefficient (Wildman–Crippen LogP) is 3.92. The number of aliphatic imine (C=N–C) groups is 1. The predicted molar refractivity (Wildman–Crippen MR) is 132 cm³/mol. The Morgan fingerprint density at radius 3 is 2.89 bits per heavy atom. The molecule has 35 heavy (non-hydrogen) atoms. The van der Waals surface area contributed by atoms with Gasteiger partial charge in [0.1, 0.15) is 18.1 Å². The van der Waals surface area contributed by atoms with Crippen LogP contribution in [-0.2, 0) is 6.54 Å². The minimum Gasteiger partial charge on any atom is -0.497 e. The summed E-state index contributed by atoms with van der Waals surface area (Å²) in [5.74, 6) is 1.82. The molecule has 0 saturated carbocycles. The Morgan fingerprint density at radius 2 is 2.03 bits per heavy atom. The minimum atomic E-state index is -0.00843. The van der Waals surface area contributed by atoms with Gasteiger partial charge in [0.15, 0.2) is 11.5 Å². The maximum absolute atomic E-state index is 13.0. The molecule has 0 spiro atoms. The van der Waals surface area contributed by atoms with Crippen LogP contribution in [0.15, 0.2) is 59.7 Å². The van der Waals surface area contributed by atoms with Gasteiger partial charge in [-0.25, -0.2) is 4.68 Å². The Morgan fingerprint density at radius 1 is 1.11 bits per heavy atom. The highest BCUT2D eigenvalue weighted by molar-refractivity contribution is 6.03. The van der Waals surface area contributed by atoms with Crippen molar-refractivity contribution in [1.29, 1.82) is 0 Å². The summed E-state index contributed by atoms with van der Waals surface area (Å²) in [7, 11) is 3.21. The van der Waals surface area contributed by atoms with Gasteiger partial charge in [0, 0.05) is 24.4 Å². The topological polar surface area (TPSA) is 91.1 Å². The summed E-state index contributed by atoms with van der Waals surface area (Å²) >= 11 is 0. The first-order valence-electron chi connectivity index (χ1n) is 11.6. The third kappa shape index (κ3) is 4.75. The first-order chi connectivity index (χ1) is 17.2. The number of nitrogens with zero attached hydrogens (tertiary/aromatic N) is 5. The Kier molecular flexibility index (Phi) is 6.47. The molecule has 0 unspecified atom stereocenters. The van der Waals surface area contributed by atoms with Crippen molar-refractivity contribution in [3.05, 3.63) is 60.3 Å². The molecule has 0 N–H and O–H groups in total. The summed E-state index contributed by atoms with van der Waals surface area (Å²) in [5.41, 5.74) is 2.87. The van der Waals surface area contributed by atoms with E-state index in [1.54, 1.807) is 31.0 Å². The Hall–Kier alpha value is -4.14. The molecule has 3 aromatic rings. The van der Waals surface area contributed by atoms with Crippen LogP contribution >= 0.6 is 0 Å². The molecule has 3 heterocycles. The van der Waals surface area contributed by atoms with E-state index in [-0.39, 0.29) is 11.9 Å². The lowest BCUT2D eigenvalue weighted by Crippen LogP contribution is -2.35. The van der Waals surface area contributed by atoms with Crippen LogP contribution in [0.1, 0.15) is 23.2 Å². The fourth-order valence-corrected chi connectivity index (χ4v) is 4.31. The zero-order valence-corrected chi connectivity index (χ0v) is 19.8. The number of ether oxygens (including phenoxy) is 3. The molecule has 0 radical (unpaired) electrons. The minimum absolute atomic E-state index is 0.00843. The highest BCUT2D eigenvalue weighted by Gasteiger charge is 2.32. The number of aromatic nitrogens is 3. The molecule has 1 fully saturated rings. The van der Waals surface area contributed by atoms with E-state index in [4.69, 9.17) is 14.2 Å². The second-order valence-corrected chi connectivity index (χ2v) is 8.35. The van der Waals surface area contributed by atoms with Crippen molar-refractivity contribution < 1.29 is 19.0 Å². The van der Waals surface area contributed by atoms with Gasteiger partial charge in [0.05, 0.1) is 44.3 Å². The van der Waals surface area contributed by atoms with Gasteiger partial charge in [-0.2, -0.15) is 0 Å². The molecule has 0 bridgehead atoms. The van der Waals surface area contributed by atoms with E-state index in [2.05, 4.69) is 15.3 Å². The van der Waals surface area contributed by atoms with Crippen molar-refractivity contribution in [3.8, 4) is 28.5 Å². The standard InChI is InChI=1S/C26H27N5O4/c1-33-20-9-5-7-18(13-20)23-17-30(29-28-23)10-3-4-12-35-25-15-22-21(14-24(25)34-2)26(32)31-11-6-8-19(31)16-27-22/h3-5,7,9,13-17,19H,6,8,10-12H2,1-2H3/b4-3-/t19-/m0/s1. The molecule has 2 aliphatic rings. The van der Waals surface area contributed by atoms with Gasteiger partial charge in [-0.3, -0.25) is 9.79 Å². The van der Waals surface area contributed by atoms with Gasteiger partial charge in [-0.15, -0.1) is 5.10 Å². The van der Waals surface area contributed by atoms with Crippen LogP contribution in [0.4, 0.5) is 5.69 Å². The summed E-state index contributed by atoms with van der Waals surface area (Å²) in [4.78, 5) is 19.4. The molecule has 9 heteroatoms. The van der Waals surface area contributed by atoms with Crippen molar-refractivity contribution in [2.24, 2.45) is 4.99 Å². The number of hydrogen-bond acceptors (Lipinski definition) is 7. The SMILES string of the molecule is COc1cccc(-c2cn(C/C=C\COc3cc4c(cc3OC)C(=O)N3CCC[C@H]3C=N4)nn2)c1. The molecule has 1 saturated heterocycles. The van der Waals surface area contributed by atoms with Crippen molar-refractivity contribution in [2.45, 2.75) is 25.4 Å². The molecule has 1 atom stereocenters. The molecule has 5 rings (SSSR count). The maximum atomic E-state index is 13.0. The van der Waals surface area contributed by atoms with Crippen LogP contribution in [0.5, 0.6) is 17.2 Å². The molecule has 1 aromatic heterocycles. The van der Waals surface area contributed by atoms with E-state index in [0.29, 0.717) is 35.9 Å². The number of methoxy groups -OCH3 is 2. The molecule has 1 amide bonds. The van der Waals surface area contributed by atoms with Crippen LogP contribution in [0.2, 0.25) is 0 Å². The second-order valence-electron chi connectivity index (χ2n) is 8.35.